The van der Waals surface area contributed by atoms with Gasteiger partial charge in [-0.05, 0) is 5.56 Å². The van der Waals surface area contributed by atoms with Gasteiger partial charge in [0.25, 0.3) is 0 Å². The number of benzene rings is 1. The van der Waals surface area contributed by atoms with E-state index in [-0.39, 0.29) is 9.87 Å². The molecule has 0 amide bonds. The van der Waals surface area contributed by atoms with Crippen LogP contribution in [0.15, 0.2) is 54.1 Å². The summed E-state index contributed by atoms with van der Waals surface area (Å²) in [6.45, 7) is 6.69. The first-order valence-electron chi connectivity index (χ1n) is 3.89. The first-order valence-corrected chi connectivity index (χ1v) is 5.08. The van der Waals surface area contributed by atoms with Gasteiger partial charge in [-0.3, -0.25) is 0 Å². The molecule has 0 nitrogen and oxygen atoms in total. The second-order valence-electron chi connectivity index (χ2n) is 2.39. The van der Waals surface area contributed by atoms with Crippen molar-refractivity contribution in [3.8, 4) is 0 Å². The van der Waals surface area contributed by atoms with Crippen molar-refractivity contribution in [3.05, 3.63) is 59.6 Å². The van der Waals surface area contributed by atoms with Crippen molar-refractivity contribution < 1.29 is 0 Å². The Hall–Kier alpha value is -0.430. The first kappa shape index (κ1) is 13.6. The molecule has 0 aliphatic rings. The van der Waals surface area contributed by atoms with Crippen molar-refractivity contribution in [2.75, 3.05) is 0 Å². The van der Waals surface area contributed by atoms with Crippen LogP contribution in [-0.4, -0.2) is 0 Å². The van der Waals surface area contributed by atoms with Crippen molar-refractivity contribution >= 4 is 34.8 Å². The van der Waals surface area contributed by atoms with Gasteiger partial charge in [-0.2, -0.15) is 0 Å². The molecule has 0 saturated heterocycles. The molecule has 3 heteroatoms. The number of allylic oxidation sites excluding steroid dienone is 1. The van der Waals surface area contributed by atoms with Crippen LogP contribution in [0.4, 0.5) is 0 Å². The van der Waals surface area contributed by atoms with Gasteiger partial charge in [0.1, 0.15) is 0 Å². The number of hydrogen-bond acceptors (Lipinski definition) is 0. The maximum atomic E-state index is 5.87. The summed E-state index contributed by atoms with van der Waals surface area (Å²) < 4.78 is 0.111. The molecular weight excluding hydrogens is 238 g/mol. The zero-order valence-corrected chi connectivity index (χ0v) is 9.86. The number of halogens is 3. The van der Waals surface area contributed by atoms with Crippen LogP contribution in [0, 0.1) is 0 Å². The van der Waals surface area contributed by atoms with Gasteiger partial charge < -0.3 is 0 Å². The molecule has 1 aromatic carbocycles. The van der Waals surface area contributed by atoms with Gasteiger partial charge in [0.2, 0.25) is 0 Å². The summed E-state index contributed by atoms with van der Waals surface area (Å²) in [4.78, 5) is 0. The van der Waals surface area contributed by atoms with Gasteiger partial charge >= 0.3 is 0 Å². The van der Waals surface area contributed by atoms with E-state index < -0.39 is 0 Å². The Labute approximate surface area is 99.8 Å². The lowest BCUT2D eigenvalue weighted by Crippen LogP contribution is -1.82. The monoisotopic (exact) mass is 248 g/mol. The predicted octanol–water partition coefficient (Wildman–Crippen LogP) is 5.09. The molecular formula is C11H11Cl3. The summed E-state index contributed by atoms with van der Waals surface area (Å²) >= 11 is 15.6. The van der Waals surface area contributed by atoms with Crippen molar-refractivity contribution in [2.45, 2.75) is 5.38 Å². The highest BCUT2D eigenvalue weighted by Crippen LogP contribution is 2.19. The third-order valence-electron chi connectivity index (χ3n) is 1.32. The van der Waals surface area contributed by atoms with E-state index >= 15 is 0 Å². The molecule has 0 aliphatic carbocycles. The van der Waals surface area contributed by atoms with Crippen LogP contribution < -0.4 is 0 Å². The Morgan fingerprint density at radius 1 is 1.21 bits per heavy atom. The molecule has 0 bridgehead atoms. The fourth-order valence-electron chi connectivity index (χ4n) is 0.773. The summed E-state index contributed by atoms with van der Waals surface area (Å²) in [6, 6.07) is 9.87. The lowest BCUT2D eigenvalue weighted by molar-refractivity contribution is 1.22. The van der Waals surface area contributed by atoms with Crippen molar-refractivity contribution in [1.82, 2.24) is 0 Å². The summed E-state index contributed by atoms with van der Waals surface area (Å²) in [5.41, 5.74) is 1.10. The van der Waals surface area contributed by atoms with E-state index in [4.69, 9.17) is 34.8 Å². The van der Waals surface area contributed by atoms with E-state index in [2.05, 4.69) is 13.2 Å². The van der Waals surface area contributed by atoms with E-state index in [9.17, 15) is 0 Å². The second-order valence-corrected chi connectivity index (χ2v) is 3.96. The molecule has 0 aromatic heterocycles. The average molecular weight is 250 g/mol. The van der Waals surface area contributed by atoms with Crippen LogP contribution in [0.2, 0.25) is 0 Å². The maximum Gasteiger partial charge on any atom is 0.0992 e. The van der Waals surface area contributed by atoms with Crippen LogP contribution >= 0.6 is 34.8 Å². The SMILES string of the molecule is C=C(Cl)Cl.C=CC(Cl)c1ccccc1. The molecule has 0 saturated carbocycles. The number of alkyl halides is 1. The smallest absolute Gasteiger partial charge is 0.0992 e. The molecule has 0 spiro atoms. The molecule has 1 aromatic rings. The Kier molecular flexibility index (Phi) is 7.68. The van der Waals surface area contributed by atoms with Crippen LogP contribution in [0.3, 0.4) is 0 Å². The van der Waals surface area contributed by atoms with E-state index in [0.29, 0.717) is 0 Å². The molecule has 0 N–H and O–H groups in total. The van der Waals surface area contributed by atoms with E-state index in [1.165, 1.54) is 0 Å². The van der Waals surface area contributed by atoms with Crippen LogP contribution in [0.25, 0.3) is 0 Å². The Morgan fingerprint density at radius 3 is 2.00 bits per heavy atom. The van der Waals surface area contributed by atoms with E-state index in [1.807, 2.05) is 30.3 Å². The van der Waals surface area contributed by atoms with Crippen molar-refractivity contribution in [2.24, 2.45) is 0 Å². The standard InChI is InChI=1S/C9H9Cl.C2H2Cl2/c1-2-9(10)8-6-4-3-5-7-8;1-2(3)4/h2-7,9H,1H2;1H2. The minimum atomic E-state index is -0.0544. The summed E-state index contributed by atoms with van der Waals surface area (Å²) in [5, 5.41) is -0.0544. The molecule has 14 heavy (non-hydrogen) atoms. The highest BCUT2D eigenvalue weighted by Gasteiger charge is 1.98. The zero-order valence-electron chi connectivity index (χ0n) is 7.59. The third-order valence-corrected chi connectivity index (χ3v) is 1.76. The predicted molar refractivity (Wildman–Crippen MR) is 66.1 cm³/mol. The van der Waals surface area contributed by atoms with Crippen LogP contribution in [0.1, 0.15) is 10.9 Å². The zero-order chi connectivity index (χ0) is 11.0. The van der Waals surface area contributed by atoms with E-state index in [0.717, 1.165) is 5.56 Å². The summed E-state index contributed by atoms with van der Waals surface area (Å²) in [7, 11) is 0. The highest BCUT2D eigenvalue weighted by molar-refractivity contribution is 6.55. The third kappa shape index (κ3) is 7.02. The van der Waals surface area contributed by atoms with Crippen LogP contribution in [-0.2, 0) is 0 Å². The average Bonchev–Trinajstić information content (AvgIpc) is 2.17. The van der Waals surface area contributed by atoms with Crippen molar-refractivity contribution in [3.63, 3.8) is 0 Å². The molecule has 0 heterocycles. The topological polar surface area (TPSA) is 0 Å². The van der Waals surface area contributed by atoms with Crippen LogP contribution in [0.5, 0.6) is 0 Å². The van der Waals surface area contributed by atoms with E-state index in [1.54, 1.807) is 6.08 Å². The Morgan fingerprint density at radius 2 is 1.64 bits per heavy atom. The minimum Gasteiger partial charge on any atom is -0.113 e. The van der Waals surface area contributed by atoms with Gasteiger partial charge in [-0.15, -0.1) is 18.2 Å². The molecule has 1 rings (SSSR count). The molecule has 1 atom stereocenters. The largest absolute Gasteiger partial charge is 0.113 e. The van der Waals surface area contributed by atoms with Crippen molar-refractivity contribution in [1.29, 1.82) is 0 Å². The first-order chi connectivity index (χ1) is 6.57. The number of rotatable bonds is 2. The lowest BCUT2D eigenvalue weighted by atomic mass is 10.1. The number of hydrogen-bond donors (Lipinski definition) is 0. The van der Waals surface area contributed by atoms with Gasteiger partial charge in [0.05, 0.1) is 9.87 Å². The Bertz CT molecular complexity index is 276. The lowest BCUT2D eigenvalue weighted by Gasteiger charge is -2.01. The molecule has 1 unspecified atom stereocenters. The fourth-order valence-corrected chi connectivity index (χ4v) is 0.918. The molecule has 0 fully saturated rings. The highest BCUT2D eigenvalue weighted by atomic mass is 35.5. The van der Waals surface area contributed by atoms with Gasteiger partial charge in [-0.25, -0.2) is 0 Å². The fraction of sp³-hybridized carbons (Fsp3) is 0.0909. The Balaban J connectivity index is 0.000000364. The summed E-state index contributed by atoms with van der Waals surface area (Å²) in [5.74, 6) is 0. The molecule has 0 aliphatic heterocycles. The maximum absolute atomic E-state index is 5.87. The quantitative estimate of drug-likeness (QED) is 0.506. The van der Waals surface area contributed by atoms with Gasteiger partial charge in [0.15, 0.2) is 0 Å². The van der Waals surface area contributed by atoms with Gasteiger partial charge in [-0.1, -0.05) is 66.2 Å². The normalized spacial score (nSPS) is 10.8. The molecule has 76 valence electrons. The minimum absolute atomic E-state index is 0.0544. The second kappa shape index (κ2) is 7.93. The van der Waals surface area contributed by atoms with Gasteiger partial charge in [0, 0.05) is 0 Å². The summed E-state index contributed by atoms with van der Waals surface area (Å²) in [6.07, 6.45) is 1.72. The molecule has 0 radical (unpaired) electrons.